The van der Waals surface area contributed by atoms with E-state index in [-0.39, 0.29) is 5.92 Å². The number of nitrogens with one attached hydrogen (secondary N) is 2. The molecule has 0 radical (unpaired) electrons. The zero-order valence-corrected chi connectivity index (χ0v) is 10.0. The predicted octanol–water partition coefficient (Wildman–Crippen LogP) is 1.11. The lowest BCUT2D eigenvalue weighted by atomic mass is 10.2. The maximum atomic E-state index is 10.9. The molecule has 0 aromatic carbocycles. The van der Waals surface area contributed by atoms with Crippen LogP contribution >= 0.6 is 0 Å². The summed E-state index contributed by atoms with van der Waals surface area (Å²) in [6, 6.07) is 0. The first-order valence-electron chi connectivity index (χ1n) is 5.41. The summed E-state index contributed by atoms with van der Waals surface area (Å²) in [7, 11) is 0. The smallest absolute Gasteiger partial charge is 0.407 e. The van der Waals surface area contributed by atoms with Crippen molar-refractivity contribution in [2.75, 3.05) is 26.3 Å². The highest BCUT2D eigenvalue weighted by molar-refractivity contribution is 5.67. The third-order valence-corrected chi connectivity index (χ3v) is 1.74. The molecule has 0 saturated heterocycles. The van der Waals surface area contributed by atoms with Gasteiger partial charge in [0.1, 0.15) is 0 Å². The Labute approximate surface area is 95.7 Å². The van der Waals surface area contributed by atoms with Crippen LogP contribution in [-0.2, 0) is 9.47 Å². The van der Waals surface area contributed by atoms with E-state index in [1.54, 1.807) is 13.8 Å². The summed E-state index contributed by atoms with van der Waals surface area (Å²) < 4.78 is 9.39. The highest BCUT2D eigenvalue weighted by Crippen LogP contribution is 1.91. The van der Waals surface area contributed by atoms with Crippen molar-refractivity contribution in [1.29, 1.82) is 0 Å². The van der Waals surface area contributed by atoms with E-state index in [4.69, 9.17) is 9.47 Å². The van der Waals surface area contributed by atoms with E-state index in [9.17, 15) is 9.59 Å². The van der Waals surface area contributed by atoms with Gasteiger partial charge in [0.15, 0.2) is 0 Å². The molecule has 94 valence electrons. The topological polar surface area (TPSA) is 76.7 Å². The minimum Gasteiger partial charge on any atom is -0.450 e. The van der Waals surface area contributed by atoms with Gasteiger partial charge in [-0.25, -0.2) is 9.59 Å². The average Bonchev–Trinajstić information content (AvgIpc) is 2.24. The average molecular weight is 232 g/mol. The molecule has 6 nitrogen and oxygen atoms in total. The SMILES string of the molecule is CCOC(=O)NCC(C)CNC(=O)OCC. The van der Waals surface area contributed by atoms with Crippen molar-refractivity contribution in [3.8, 4) is 0 Å². The maximum absolute atomic E-state index is 10.9. The molecule has 0 unspecified atom stereocenters. The van der Waals surface area contributed by atoms with Gasteiger partial charge in [0, 0.05) is 13.1 Å². The van der Waals surface area contributed by atoms with Gasteiger partial charge in [0.2, 0.25) is 0 Å². The molecule has 0 rings (SSSR count). The zero-order chi connectivity index (χ0) is 12.4. The second kappa shape index (κ2) is 8.82. The molecule has 0 fully saturated rings. The van der Waals surface area contributed by atoms with Gasteiger partial charge in [-0.1, -0.05) is 6.92 Å². The Kier molecular flexibility index (Phi) is 8.01. The molecule has 16 heavy (non-hydrogen) atoms. The summed E-state index contributed by atoms with van der Waals surface area (Å²) in [6.07, 6.45) is -0.879. The third kappa shape index (κ3) is 7.90. The van der Waals surface area contributed by atoms with Crippen LogP contribution in [0.25, 0.3) is 0 Å². The van der Waals surface area contributed by atoms with Gasteiger partial charge in [0.05, 0.1) is 13.2 Å². The Hall–Kier alpha value is -1.46. The molecule has 2 N–H and O–H groups in total. The molecular formula is C10H20N2O4. The molecule has 0 aliphatic rings. The number of amides is 2. The number of alkyl carbamates (subject to hydrolysis) is 2. The van der Waals surface area contributed by atoms with Crippen LogP contribution in [0, 0.1) is 5.92 Å². The number of carbonyl (C=O) groups is 2. The number of carbonyl (C=O) groups excluding carboxylic acids is 2. The quantitative estimate of drug-likeness (QED) is 0.719. The summed E-state index contributed by atoms with van der Waals surface area (Å²) in [5, 5.41) is 5.17. The van der Waals surface area contributed by atoms with Crippen molar-refractivity contribution < 1.29 is 19.1 Å². The van der Waals surface area contributed by atoms with Gasteiger partial charge in [-0.15, -0.1) is 0 Å². The third-order valence-electron chi connectivity index (χ3n) is 1.74. The molecule has 2 amide bonds. The van der Waals surface area contributed by atoms with Crippen molar-refractivity contribution in [1.82, 2.24) is 10.6 Å². The van der Waals surface area contributed by atoms with Gasteiger partial charge in [-0.2, -0.15) is 0 Å². The number of ether oxygens (including phenoxy) is 2. The zero-order valence-electron chi connectivity index (χ0n) is 10.0. The summed E-state index contributed by atoms with van der Waals surface area (Å²) in [6.45, 7) is 6.98. The molecule has 0 atom stereocenters. The van der Waals surface area contributed by atoms with Gasteiger partial charge >= 0.3 is 12.2 Å². The van der Waals surface area contributed by atoms with E-state index in [0.29, 0.717) is 26.3 Å². The van der Waals surface area contributed by atoms with E-state index in [0.717, 1.165) is 0 Å². The Balaban J connectivity index is 3.54. The van der Waals surface area contributed by atoms with Gasteiger partial charge in [0.25, 0.3) is 0 Å². The largest absolute Gasteiger partial charge is 0.450 e. The highest BCUT2D eigenvalue weighted by Gasteiger charge is 2.07. The van der Waals surface area contributed by atoms with E-state index < -0.39 is 12.2 Å². The van der Waals surface area contributed by atoms with Crippen molar-refractivity contribution >= 4 is 12.2 Å². The monoisotopic (exact) mass is 232 g/mol. The van der Waals surface area contributed by atoms with Crippen LogP contribution in [0.15, 0.2) is 0 Å². The van der Waals surface area contributed by atoms with E-state index in [1.165, 1.54) is 0 Å². The molecule has 0 aliphatic heterocycles. The fourth-order valence-electron chi connectivity index (χ4n) is 0.952. The summed E-state index contributed by atoms with van der Waals surface area (Å²) in [5.41, 5.74) is 0. The van der Waals surface area contributed by atoms with Crippen LogP contribution in [0.4, 0.5) is 9.59 Å². The second-order valence-corrected chi connectivity index (χ2v) is 3.31. The highest BCUT2D eigenvalue weighted by atomic mass is 16.6. The second-order valence-electron chi connectivity index (χ2n) is 3.31. The van der Waals surface area contributed by atoms with Crippen molar-refractivity contribution in [2.24, 2.45) is 5.92 Å². The van der Waals surface area contributed by atoms with Crippen molar-refractivity contribution in [2.45, 2.75) is 20.8 Å². The lowest BCUT2D eigenvalue weighted by molar-refractivity contribution is 0.148. The van der Waals surface area contributed by atoms with Crippen LogP contribution in [0.3, 0.4) is 0 Å². The summed E-state index contributed by atoms with van der Waals surface area (Å²) in [4.78, 5) is 21.9. The lowest BCUT2D eigenvalue weighted by Crippen LogP contribution is -2.35. The minimum absolute atomic E-state index is 0.119. The Morgan fingerprint density at radius 1 is 1.00 bits per heavy atom. The predicted molar refractivity (Wildman–Crippen MR) is 59.2 cm³/mol. The molecule has 0 bridgehead atoms. The lowest BCUT2D eigenvalue weighted by Gasteiger charge is -2.13. The van der Waals surface area contributed by atoms with Crippen LogP contribution in [0.5, 0.6) is 0 Å². The molecule has 0 spiro atoms. The van der Waals surface area contributed by atoms with Crippen molar-refractivity contribution in [3.05, 3.63) is 0 Å². The normalized spacial score (nSPS) is 9.75. The Morgan fingerprint density at radius 3 is 1.69 bits per heavy atom. The fourth-order valence-corrected chi connectivity index (χ4v) is 0.952. The van der Waals surface area contributed by atoms with Crippen molar-refractivity contribution in [3.63, 3.8) is 0 Å². The number of hydrogen-bond donors (Lipinski definition) is 2. The fraction of sp³-hybridized carbons (Fsp3) is 0.800. The number of hydrogen-bond acceptors (Lipinski definition) is 4. The standard InChI is InChI=1S/C10H20N2O4/c1-4-15-9(13)11-6-8(3)7-12-10(14)16-5-2/h8H,4-7H2,1-3H3,(H,11,13)(H,12,14). The summed E-state index contributed by atoms with van der Waals surface area (Å²) >= 11 is 0. The first-order valence-corrected chi connectivity index (χ1v) is 5.41. The summed E-state index contributed by atoms with van der Waals surface area (Å²) in [5.74, 6) is 0.119. The molecule has 0 heterocycles. The van der Waals surface area contributed by atoms with Crippen LogP contribution in [0.1, 0.15) is 20.8 Å². The van der Waals surface area contributed by atoms with Gasteiger partial charge in [-0.3, -0.25) is 0 Å². The minimum atomic E-state index is -0.439. The van der Waals surface area contributed by atoms with Crippen LogP contribution < -0.4 is 10.6 Å². The first-order chi connectivity index (χ1) is 7.60. The van der Waals surface area contributed by atoms with Gasteiger partial charge in [-0.05, 0) is 19.8 Å². The molecule has 0 aromatic heterocycles. The number of rotatable bonds is 6. The Bertz CT molecular complexity index is 199. The van der Waals surface area contributed by atoms with Crippen LogP contribution in [0.2, 0.25) is 0 Å². The van der Waals surface area contributed by atoms with E-state index >= 15 is 0 Å². The molecule has 0 aliphatic carbocycles. The van der Waals surface area contributed by atoms with Gasteiger partial charge < -0.3 is 20.1 Å². The van der Waals surface area contributed by atoms with Crippen LogP contribution in [-0.4, -0.2) is 38.5 Å². The maximum Gasteiger partial charge on any atom is 0.407 e. The molecule has 6 heteroatoms. The van der Waals surface area contributed by atoms with E-state index in [1.807, 2.05) is 6.92 Å². The Morgan fingerprint density at radius 2 is 1.38 bits per heavy atom. The van der Waals surface area contributed by atoms with E-state index in [2.05, 4.69) is 10.6 Å². The molecular weight excluding hydrogens is 212 g/mol. The first kappa shape index (κ1) is 14.5. The molecule has 0 aromatic rings. The molecule has 0 saturated carbocycles.